The standard InChI is InChI=1S/C10H12N2O3S/c1-6-3-8(12(13)14)9(15-2)4-7(6)5-10(11)16/h3-4H,5H2,1-2H3,(H2,11,16). The molecule has 86 valence electrons. The van der Waals surface area contributed by atoms with Crippen LogP contribution in [0.15, 0.2) is 12.1 Å². The topological polar surface area (TPSA) is 78.4 Å². The van der Waals surface area contributed by atoms with Gasteiger partial charge in [-0.25, -0.2) is 0 Å². The van der Waals surface area contributed by atoms with E-state index in [0.717, 1.165) is 11.1 Å². The molecule has 16 heavy (non-hydrogen) atoms. The van der Waals surface area contributed by atoms with Gasteiger partial charge in [-0.15, -0.1) is 0 Å². The number of nitro benzene ring substituents is 1. The summed E-state index contributed by atoms with van der Waals surface area (Å²) in [7, 11) is 1.39. The van der Waals surface area contributed by atoms with Crippen LogP contribution >= 0.6 is 12.2 Å². The number of aryl methyl sites for hydroxylation is 1. The molecule has 0 radical (unpaired) electrons. The molecule has 2 N–H and O–H groups in total. The number of nitro groups is 1. The average Bonchev–Trinajstić information content (AvgIpc) is 2.19. The van der Waals surface area contributed by atoms with Gasteiger partial charge >= 0.3 is 5.69 Å². The van der Waals surface area contributed by atoms with Crippen LogP contribution in [0.1, 0.15) is 11.1 Å². The van der Waals surface area contributed by atoms with Crippen LogP contribution in [-0.4, -0.2) is 17.0 Å². The SMILES string of the molecule is COc1cc(CC(N)=S)c(C)cc1[N+](=O)[O-]. The minimum atomic E-state index is -0.476. The van der Waals surface area contributed by atoms with Crippen molar-refractivity contribution in [2.75, 3.05) is 7.11 Å². The maximum Gasteiger partial charge on any atom is 0.311 e. The molecular weight excluding hydrogens is 228 g/mol. The summed E-state index contributed by atoms with van der Waals surface area (Å²) in [5.41, 5.74) is 7.01. The zero-order chi connectivity index (χ0) is 12.3. The first-order valence-electron chi connectivity index (χ1n) is 4.56. The molecule has 0 aliphatic rings. The van der Waals surface area contributed by atoms with Crippen LogP contribution in [-0.2, 0) is 6.42 Å². The van der Waals surface area contributed by atoms with Gasteiger partial charge in [-0.1, -0.05) is 12.2 Å². The van der Waals surface area contributed by atoms with Gasteiger partial charge in [-0.3, -0.25) is 10.1 Å². The Kier molecular flexibility index (Phi) is 3.78. The normalized spacial score (nSPS) is 9.88. The molecule has 0 bridgehead atoms. The number of benzene rings is 1. The smallest absolute Gasteiger partial charge is 0.311 e. The third-order valence-corrected chi connectivity index (χ3v) is 2.34. The first kappa shape index (κ1) is 12.4. The van der Waals surface area contributed by atoms with Crippen molar-refractivity contribution in [1.29, 1.82) is 0 Å². The lowest BCUT2D eigenvalue weighted by Crippen LogP contribution is -2.12. The number of rotatable bonds is 4. The van der Waals surface area contributed by atoms with Gasteiger partial charge in [0.05, 0.1) is 17.0 Å². The number of hydrogen-bond donors (Lipinski definition) is 1. The predicted molar refractivity (Wildman–Crippen MR) is 64.9 cm³/mol. The molecule has 1 aromatic carbocycles. The molecule has 0 aliphatic carbocycles. The maximum atomic E-state index is 10.7. The average molecular weight is 240 g/mol. The van der Waals surface area contributed by atoms with Gasteiger partial charge in [0.25, 0.3) is 0 Å². The Morgan fingerprint density at radius 2 is 2.25 bits per heavy atom. The van der Waals surface area contributed by atoms with Gasteiger partial charge in [0, 0.05) is 12.5 Å². The molecule has 0 aliphatic heterocycles. The fraction of sp³-hybridized carbons (Fsp3) is 0.300. The lowest BCUT2D eigenvalue weighted by Gasteiger charge is -2.08. The third kappa shape index (κ3) is 2.66. The maximum absolute atomic E-state index is 10.7. The summed E-state index contributed by atoms with van der Waals surface area (Å²) in [5, 5.41) is 10.7. The van der Waals surface area contributed by atoms with Crippen LogP contribution in [0.5, 0.6) is 5.75 Å². The number of nitrogens with two attached hydrogens (primary N) is 1. The van der Waals surface area contributed by atoms with Crippen LogP contribution in [0, 0.1) is 17.0 Å². The van der Waals surface area contributed by atoms with E-state index < -0.39 is 4.92 Å². The minimum Gasteiger partial charge on any atom is -0.490 e. The second-order valence-corrected chi connectivity index (χ2v) is 3.88. The van der Waals surface area contributed by atoms with Crippen molar-refractivity contribution in [2.45, 2.75) is 13.3 Å². The number of hydrogen-bond acceptors (Lipinski definition) is 4. The zero-order valence-corrected chi connectivity index (χ0v) is 9.84. The van der Waals surface area contributed by atoms with Gasteiger partial charge in [0.1, 0.15) is 0 Å². The van der Waals surface area contributed by atoms with E-state index in [-0.39, 0.29) is 11.4 Å². The summed E-state index contributed by atoms with van der Waals surface area (Å²) in [6.45, 7) is 1.78. The summed E-state index contributed by atoms with van der Waals surface area (Å²) in [6.07, 6.45) is 0.412. The summed E-state index contributed by atoms with van der Waals surface area (Å²) < 4.78 is 4.96. The summed E-state index contributed by atoms with van der Waals surface area (Å²) in [6, 6.07) is 3.07. The molecule has 0 heterocycles. The molecule has 0 atom stereocenters. The molecule has 0 aromatic heterocycles. The lowest BCUT2D eigenvalue weighted by molar-refractivity contribution is -0.385. The van der Waals surface area contributed by atoms with Crippen molar-refractivity contribution < 1.29 is 9.66 Å². The Balaban J connectivity index is 3.25. The van der Waals surface area contributed by atoms with Crippen LogP contribution in [0.3, 0.4) is 0 Å². The Morgan fingerprint density at radius 1 is 1.62 bits per heavy atom. The molecule has 0 unspecified atom stereocenters. The zero-order valence-electron chi connectivity index (χ0n) is 9.02. The molecule has 0 amide bonds. The molecule has 0 saturated heterocycles. The highest BCUT2D eigenvalue weighted by Gasteiger charge is 2.17. The highest BCUT2D eigenvalue weighted by Crippen LogP contribution is 2.30. The summed E-state index contributed by atoms with van der Waals surface area (Å²) in [4.78, 5) is 10.6. The van der Waals surface area contributed by atoms with Crippen LogP contribution in [0.4, 0.5) is 5.69 Å². The molecule has 1 aromatic rings. The fourth-order valence-electron chi connectivity index (χ4n) is 1.40. The van der Waals surface area contributed by atoms with Gasteiger partial charge in [0.15, 0.2) is 5.75 Å². The van der Waals surface area contributed by atoms with E-state index in [1.165, 1.54) is 13.2 Å². The molecule has 1 rings (SSSR count). The Morgan fingerprint density at radius 3 is 2.69 bits per heavy atom. The highest BCUT2D eigenvalue weighted by atomic mass is 32.1. The largest absolute Gasteiger partial charge is 0.490 e. The number of methoxy groups -OCH3 is 1. The second kappa shape index (κ2) is 4.89. The van der Waals surface area contributed by atoms with Crippen LogP contribution in [0.2, 0.25) is 0 Å². The molecule has 0 saturated carbocycles. The van der Waals surface area contributed by atoms with E-state index in [4.69, 9.17) is 22.7 Å². The number of thiocarbonyl (C=S) groups is 1. The van der Waals surface area contributed by atoms with E-state index in [2.05, 4.69) is 0 Å². The summed E-state index contributed by atoms with van der Waals surface area (Å²) >= 11 is 4.80. The van der Waals surface area contributed by atoms with Crippen molar-refractivity contribution in [3.63, 3.8) is 0 Å². The highest BCUT2D eigenvalue weighted by molar-refractivity contribution is 7.80. The van der Waals surface area contributed by atoms with E-state index in [1.54, 1.807) is 13.0 Å². The first-order valence-corrected chi connectivity index (χ1v) is 4.96. The van der Waals surface area contributed by atoms with E-state index in [0.29, 0.717) is 11.4 Å². The first-order chi connectivity index (χ1) is 7.45. The monoisotopic (exact) mass is 240 g/mol. The van der Waals surface area contributed by atoms with Crippen LogP contribution in [0.25, 0.3) is 0 Å². The van der Waals surface area contributed by atoms with Crippen molar-refractivity contribution in [3.8, 4) is 5.75 Å². The van der Waals surface area contributed by atoms with Crippen molar-refractivity contribution in [3.05, 3.63) is 33.4 Å². The van der Waals surface area contributed by atoms with Gasteiger partial charge in [0.2, 0.25) is 0 Å². The minimum absolute atomic E-state index is 0.0494. The predicted octanol–water partition coefficient (Wildman–Crippen LogP) is 1.74. The van der Waals surface area contributed by atoms with Crippen molar-refractivity contribution >= 4 is 22.9 Å². The molecule has 5 nitrogen and oxygen atoms in total. The van der Waals surface area contributed by atoms with E-state index >= 15 is 0 Å². The van der Waals surface area contributed by atoms with Gasteiger partial charge in [-0.05, 0) is 24.1 Å². The van der Waals surface area contributed by atoms with Crippen LogP contribution < -0.4 is 10.5 Å². The molecule has 6 heteroatoms. The second-order valence-electron chi connectivity index (χ2n) is 3.35. The Labute approximate surface area is 98.4 Å². The van der Waals surface area contributed by atoms with Crippen molar-refractivity contribution in [1.82, 2.24) is 0 Å². The number of nitrogens with zero attached hydrogens (tertiary/aromatic N) is 1. The Hall–Kier alpha value is -1.69. The molecule has 0 fully saturated rings. The quantitative estimate of drug-likeness (QED) is 0.492. The van der Waals surface area contributed by atoms with E-state index in [1.807, 2.05) is 0 Å². The molecular formula is C10H12N2O3S. The fourth-order valence-corrected chi connectivity index (χ4v) is 1.55. The number of ether oxygens (including phenoxy) is 1. The lowest BCUT2D eigenvalue weighted by atomic mass is 10.0. The van der Waals surface area contributed by atoms with Gasteiger partial charge < -0.3 is 10.5 Å². The van der Waals surface area contributed by atoms with Gasteiger partial charge in [-0.2, -0.15) is 0 Å². The third-order valence-electron chi connectivity index (χ3n) is 2.20. The van der Waals surface area contributed by atoms with Crippen molar-refractivity contribution in [2.24, 2.45) is 5.73 Å². The Bertz CT molecular complexity index is 446. The summed E-state index contributed by atoms with van der Waals surface area (Å²) in [5.74, 6) is 0.224. The molecule has 0 spiro atoms. The van der Waals surface area contributed by atoms with E-state index in [9.17, 15) is 10.1 Å².